The molecule has 1 aromatic carbocycles. The van der Waals surface area contributed by atoms with Crippen molar-refractivity contribution in [2.24, 2.45) is 5.92 Å². The Balaban J connectivity index is 2.06. The van der Waals surface area contributed by atoms with Gasteiger partial charge in [-0.3, -0.25) is 4.79 Å². The first-order valence-electron chi connectivity index (χ1n) is 9.52. The molecule has 0 saturated heterocycles. The molecule has 0 radical (unpaired) electrons. The van der Waals surface area contributed by atoms with Crippen LogP contribution in [0.2, 0.25) is 0 Å². The molecule has 0 saturated carbocycles. The summed E-state index contributed by atoms with van der Waals surface area (Å²) in [5.74, 6) is -0.416. The van der Waals surface area contributed by atoms with Crippen molar-refractivity contribution in [3.05, 3.63) is 34.9 Å². The van der Waals surface area contributed by atoms with Crippen LogP contribution in [0.4, 0.5) is 0 Å². The summed E-state index contributed by atoms with van der Waals surface area (Å²) in [6, 6.07) is 6.20. The highest BCUT2D eigenvalue weighted by Gasteiger charge is 2.39. The number of aliphatic hydroxyl groups is 3. The third kappa shape index (κ3) is 5.29. The monoisotopic (exact) mass is 380 g/mol. The highest BCUT2D eigenvalue weighted by molar-refractivity contribution is 5.69. The average Bonchev–Trinajstić information content (AvgIpc) is 2.62. The van der Waals surface area contributed by atoms with Crippen molar-refractivity contribution in [2.75, 3.05) is 14.2 Å². The van der Waals surface area contributed by atoms with Crippen LogP contribution in [-0.2, 0) is 14.3 Å². The largest absolute Gasteiger partial charge is 0.469 e. The van der Waals surface area contributed by atoms with E-state index in [4.69, 9.17) is 4.74 Å². The number of hydrogen-bond donors (Lipinski definition) is 3. The molecular formula is C21H32O6. The minimum absolute atomic E-state index is 0.0163. The number of methoxy groups -OCH3 is 2. The van der Waals surface area contributed by atoms with E-state index in [1.54, 1.807) is 7.11 Å². The zero-order valence-corrected chi connectivity index (χ0v) is 16.6. The van der Waals surface area contributed by atoms with E-state index >= 15 is 0 Å². The number of esters is 1. The summed E-state index contributed by atoms with van der Waals surface area (Å²) in [6.45, 7) is 4.02. The summed E-state index contributed by atoms with van der Waals surface area (Å²) >= 11 is 0. The van der Waals surface area contributed by atoms with Gasteiger partial charge in [0.05, 0.1) is 31.8 Å². The first kappa shape index (κ1) is 21.8. The Bertz CT molecular complexity index is 631. The normalized spacial score (nSPS) is 26.9. The van der Waals surface area contributed by atoms with E-state index in [2.05, 4.69) is 22.9 Å². The Labute approximate surface area is 161 Å². The molecule has 152 valence electrons. The molecular weight excluding hydrogens is 348 g/mol. The predicted octanol–water partition coefficient (Wildman–Crippen LogP) is 2.23. The van der Waals surface area contributed by atoms with E-state index in [-0.39, 0.29) is 30.8 Å². The number of fused-ring (bicyclic) bond motifs is 1. The van der Waals surface area contributed by atoms with Crippen molar-refractivity contribution in [2.45, 2.75) is 69.9 Å². The summed E-state index contributed by atoms with van der Waals surface area (Å²) in [7, 11) is 2.88. The van der Waals surface area contributed by atoms with E-state index in [1.807, 2.05) is 13.8 Å². The lowest BCUT2D eigenvalue weighted by Crippen LogP contribution is -2.37. The lowest BCUT2D eigenvalue weighted by molar-refractivity contribution is -0.143. The van der Waals surface area contributed by atoms with Crippen LogP contribution in [0.5, 0.6) is 0 Å². The van der Waals surface area contributed by atoms with Gasteiger partial charge in [0, 0.05) is 7.11 Å². The van der Waals surface area contributed by atoms with Crippen molar-refractivity contribution in [1.82, 2.24) is 0 Å². The van der Waals surface area contributed by atoms with Gasteiger partial charge in [-0.2, -0.15) is 0 Å². The molecule has 0 unspecified atom stereocenters. The number of rotatable bonds is 8. The Kier molecular flexibility index (Phi) is 7.79. The molecule has 0 amide bonds. The van der Waals surface area contributed by atoms with Crippen LogP contribution in [0.3, 0.4) is 0 Å². The van der Waals surface area contributed by atoms with Gasteiger partial charge in [-0.15, -0.1) is 0 Å². The maximum absolute atomic E-state index is 11.2. The van der Waals surface area contributed by atoms with E-state index in [1.165, 1.54) is 7.11 Å². The standard InChI is InChI=1S/C21H32O6/c1-12-5-7-17-16(13(2)20(25)21(27-4)18(17)9-12)8-6-14(22)10-15(23)11-19(24)26-3/h5,7,9,13-16,20-23,25H,6,8,10-11H2,1-4H3/t13-,14-,15-,16+,20+,21+/m1/s1. The second-order valence-electron chi connectivity index (χ2n) is 7.65. The molecule has 1 aliphatic carbocycles. The number of hydrogen-bond acceptors (Lipinski definition) is 6. The SMILES string of the molecule is COC(=O)C[C@H](O)C[C@H](O)CC[C@@H]1c2ccc(C)cc2[C@H](OC)[C@@H](O)[C@@H]1C. The fraction of sp³-hybridized carbons (Fsp3) is 0.667. The molecule has 6 heteroatoms. The molecule has 6 atom stereocenters. The maximum Gasteiger partial charge on any atom is 0.308 e. The van der Waals surface area contributed by atoms with Gasteiger partial charge in [-0.05, 0) is 49.1 Å². The van der Waals surface area contributed by atoms with Crippen LogP contribution in [0, 0.1) is 12.8 Å². The van der Waals surface area contributed by atoms with Crippen molar-refractivity contribution >= 4 is 5.97 Å². The molecule has 0 heterocycles. The Hall–Kier alpha value is -1.47. The van der Waals surface area contributed by atoms with E-state index in [9.17, 15) is 20.1 Å². The number of benzene rings is 1. The summed E-state index contributed by atoms with van der Waals surface area (Å²) in [5.41, 5.74) is 3.27. The zero-order chi connectivity index (χ0) is 20.1. The second-order valence-corrected chi connectivity index (χ2v) is 7.65. The second kappa shape index (κ2) is 9.64. The molecule has 27 heavy (non-hydrogen) atoms. The number of ether oxygens (including phenoxy) is 2. The van der Waals surface area contributed by atoms with Crippen molar-refractivity contribution in [1.29, 1.82) is 0 Å². The van der Waals surface area contributed by atoms with Gasteiger partial charge in [0.1, 0.15) is 6.10 Å². The van der Waals surface area contributed by atoms with Crippen molar-refractivity contribution in [3.8, 4) is 0 Å². The fourth-order valence-electron chi connectivity index (χ4n) is 4.11. The molecule has 0 aromatic heterocycles. The number of carbonyl (C=O) groups excluding carboxylic acids is 1. The molecule has 1 aliphatic rings. The molecule has 1 aromatic rings. The molecule has 0 bridgehead atoms. The summed E-state index contributed by atoms with van der Waals surface area (Å²) < 4.78 is 10.1. The average molecular weight is 380 g/mol. The van der Waals surface area contributed by atoms with Gasteiger partial charge >= 0.3 is 5.97 Å². The topological polar surface area (TPSA) is 96.2 Å². The third-order valence-electron chi connectivity index (χ3n) is 5.67. The quantitative estimate of drug-likeness (QED) is 0.599. The smallest absolute Gasteiger partial charge is 0.308 e. The first-order chi connectivity index (χ1) is 12.8. The van der Waals surface area contributed by atoms with E-state index in [0.717, 1.165) is 16.7 Å². The maximum atomic E-state index is 11.2. The fourth-order valence-corrected chi connectivity index (χ4v) is 4.11. The summed E-state index contributed by atoms with van der Waals surface area (Å²) in [5, 5.41) is 30.9. The van der Waals surface area contributed by atoms with Gasteiger partial charge in [0.15, 0.2) is 0 Å². The van der Waals surface area contributed by atoms with Crippen LogP contribution in [0.25, 0.3) is 0 Å². The van der Waals surface area contributed by atoms with E-state index in [0.29, 0.717) is 12.8 Å². The Morgan fingerprint density at radius 3 is 2.52 bits per heavy atom. The minimum atomic E-state index is -0.922. The van der Waals surface area contributed by atoms with E-state index < -0.39 is 24.3 Å². The number of aryl methyl sites for hydroxylation is 1. The summed E-state index contributed by atoms with van der Waals surface area (Å²) in [4.78, 5) is 11.2. The molecule has 6 nitrogen and oxygen atoms in total. The third-order valence-corrected chi connectivity index (χ3v) is 5.67. The predicted molar refractivity (Wildman–Crippen MR) is 101 cm³/mol. The Morgan fingerprint density at radius 1 is 1.19 bits per heavy atom. The van der Waals surface area contributed by atoms with Gasteiger partial charge in [-0.25, -0.2) is 0 Å². The number of aliphatic hydroxyl groups excluding tert-OH is 3. The van der Waals surface area contributed by atoms with Crippen LogP contribution in [-0.4, -0.2) is 53.8 Å². The van der Waals surface area contributed by atoms with Crippen LogP contribution in [0.15, 0.2) is 18.2 Å². The van der Waals surface area contributed by atoms with Crippen LogP contribution in [0.1, 0.15) is 61.3 Å². The Morgan fingerprint density at radius 2 is 1.89 bits per heavy atom. The minimum Gasteiger partial charge on any atom is -0.469 e. The molecule has 0 spiro atoms. The van der Waals surface area contributed by atoms with Crippen LogP contribution < -0.4 is 0 Å². The van der Waals surface area contributed by atoms with Gasteiger partial charge in [0.2, 0.25) is 0 Å². The highest BCUT2D eigenvalue weighted by atomic mass is 16.5. The molecule has 3 N–H and O–H groups in total. The van der Waals surface area contributed by atoms with Crippen molar-refractivity contribution in [3.63, 3.8) is 0 Å². The molecule has 2 rings (SSSR count). The number of carbonyl (C=O) groups is 1. The summed E-state index contributed by atoms with van der Waals surface area (Å²) in [6.07, 6.45) is -1.45. The van der Waals surface area contributed by atoms with Crippen LogP contribution >= 0.6 is 0 Å². The molecule has 0 fully saturated rings. The van der Waals surface area contributed by atoms with Gasteiger partial charge in [0.25, 0.3) is 0 Å². The van der Waals surface area contributed by atoms with Crippen molar-refractivity contribution < 1.29 is 29.6 Å². The zero-order valence-electron chi connectivity index (χ0n) is 16.6. The van der Waals surface area contributed by atoms with Gasteiger partial charge in [-0.1, -0.05) is 30.7 Å². The van der Waals surface area contributed by atoms with Gasteiger partial charge < -0.3 is 24.8 Å². The lowest BCUT2D eigenvalue weighted by atomic mass is 9.70. The lowest BCUT2D eigenvalue weighted by Gasteiger charge is -2.40. The molecule has 0 aliphatic heterocycles. The highest BCUT2D eigenvalue weighted by Crippen LogP contribution is 2.45. The first-order valence-corrected chi connectivity index (χ1v) is 9.52.